The molecule has 1 atom stereocenters. The molecule has 0 heterocycles. The number of hydrogen-bond donors (Lipinski definition) is 1. The molecule has 1 amide bonds. The molecule has 0 saturated carbocycles. The van der Waals surface area contributed by atoms with Crippen molar-refractivity contribution < 1.29 is 4.79 Å². The van der Waals surface area contributed by atoms with Gasteiger partial charge in [0, 0.05) is 6.54 Å². The van der Waals surface area contributed by atoms with E-state index in [0.717, 1.165) is 31.8 Å². The van der Waals surface area contributed by atoms with Gasteiger partial charge in [0.1, 0.15) is 0 Å². The topological polar surface area (TPSA) is 32.3 Å². The van der Waals surface area contributed by atoms with E-state index in [9.17, 15) is 4.79 Å². The summed E-state index contributed by atoms with van der Waals surface area (Å²) in [7, 11) is 4.19. The highest BCUT2D eigenvalue weighted by molar-refractivity contribution is 5.45. The molecular formula is C10H22N2O. The maximum absolute atomic E-state index is 10.0. The van der Waals surface area contributed by atoms with Crippen molar-refractivity contribution in [3.63, 3.8) is 0 Å². The van der Waals surface area contributed by atoms with Gasteiger partial charge in [0.05, 0.1) is 0 Å². The second-order valence-corrected chi connectivity index (χ2v) is 3.73. The van der Waals surface area contributed by atoms with E-state index < -0.39 is 0 Å². The monoisotopic (exact) mass is 186 g/mol. The smallest absolute Gasteiger partial charge is 0.207 e. The number of nitrogens with one attached hydrogen (secondary N) is 1. The van der Waals surface area contributed by atoms with Crippen LogP contribution in [0.5, 0.6) is 0 Å². The summed E-state index contributed by atoms with van der Waals surface area (Å²) in [6.45, 7) is 4.16. The van der Waals surface area contributed by atoms with Crippen LogP contribution in [0.4, 0.5) is 0 Å². The first-order chi connectivity index (χ1) is 6.20. The summed E-state index contributed by atoms with van der Waals surface area (Å²) in [5.74, 6) is 0.745. The third-order valence-corrected chi connectivity index (χ3v) is 2.34. The van der Waals surface area contributed by atoms with Gasteiger partial charge in [0.15, 0.2) is 0 Å². The van der Waals surface area contributed by atoms with Crippen LogP contribution in [0.3, 0.4) is 0 Å². The quantitative estimate of drug-likeness (QED) is 0.455. The third-order valence-electron chi connectivity index (χ3n) is 2.34. The molecule has 0 bridgehead atoms. The van der Waals surface area contributed by atoms with Gasteiger partial charge in [-0.1, -0.05) is 13.3 Å². The van der Waals surface area contributed by atoms with Gasteiger partial charge in [0.25, 0.3) is 0 Å². The van der Waals surface area contributed by atoms with E-state index in [0.29, 0.717) is 0 Å². The largest absolute Gasteiger partial charge is 0.359 e. The first-order valence-electron chi connectivity index (χ1n) is 5.02. The Hall–Kier alpha value is -0.570. The van der Waals surface area contributed by atoms with E-state index in [2.05, 4.69) is 31.2 Å². The van der Waals surface area contributed by atoms with Gasteiger partial charge in [-0.15, -0.1) is 0 Å². The van der Waals surface area contributed by atoms with Crippen molar-refractivity contribution in [3.8, 4) is 0 Å². The van der Waals surface area contributed by atoms with Crippen molar-refractivity contribution >= 4 is 6.41 Å². The minimum absolute atomic E-state index is 0.745. The number of nitrogens with zero attached hydrogens (tertiary/aromatic N) is 1. The average Bonchev–Trinajstić information content (AvgIpc) is 2.10. The van der Waals surface area contributed by atoms with E-state index in [-0.39, 0.29) is 0 Å². The van der Waals surface area contributed by atoms with Gasteiger partial charge in [-0.2, -0.15) is 0 Å². The predicted molar refractivity (Wildman–Crippen MR) is 55.6 cm³/mol. The van der Waals surface area contributed by atoms with Crippen molar-refractivity contribution in [2.75, 3.05) is 27.2 Å². The lowest BCUT2D eigenvalue weighted by Crippen LogP contribution is -2.20. The van der Waals surface area contributed by atoms with Crippen LogP contribution in [0.2, 0.25) is 0 Å². The SMILES string of the molecule is CCC(CCNC=O)CCN(C)C. The van der Waals surface area contributed by atoms with Gasteiger partial charge in [-0.3, -0.25) is 4.79 Å². The molecule has 13 heavy (non-hydrogen) atoms. The van der Waals surface area contributed by atoms with Crippen molar-refractivity contribution in [1.82, 2.24) is 10.2 Å². The number of amides is 1. The Morgan fingerprint density at radius 2 is 2.08 bits per heavy atom. The van der Waals surface area contributed by atoms with Crippen molar-refractivity contribution in [3.05, 3.63) is 0 Å². The molecule has 1 N–H and O–H groups in total. The van der Waals surface area contributed by atoms with Crippen LogP contribution in [-0.4, -0.2) is 38.5 Å². The minimum atomic E-state index is 0.745. The highest BCUT2D eigenvalue weighted by atomic mass is 16.1. The minimum Gasteiger partial charge on any atom is -0.359 e. The fourth-order valence-corrected chi connectivity index (χ4v) is 1.34. The zero-order valence-corrected chi connectivity index (χ0v) is 9.05. The molecule has 0 aliphatic heterocycles. The maximum Gasteiger partial charge on any atom is 0.207 e. The van der Waals surface area contributed by atoms with E-state index >= 15 is 0 Å². The molecule has 0 aromatic rings. The van der Waals surface area contributed by atoms with Crippen molar-refractivity contribution in [1.29, 1.82) is 0 Å². The van der Waals surface area contributed by atoms with Gasteiger partial charge in [-0.25, -0.2) is 0 Å². The summed E-state index contributed by atoms with van der Waals surface area (Å²) >= 11 is 0. The fraction of sp³-hybridized carbons (Fsp3) is 0.900. The normalized spacial score (nSPS) is 12.9. The Morgan fingerprint density at radius 1 is 1.38 bits per heavy atom. The molecule has 78 valence electrons. The lowest BCUT2D eigenvalue weighted by Gasteiger charge is -2.17. The molecule has 3 heteroatoms. The molecule has 1 unspecified atom stereocenters. The Morgan fingerprint density at radius 3 is 2.54 bits per heavy atom. The van der Waals surface area contributed by atoms with E-state index in [4.69, 9.17) is 0 Å². The second-order valence-electron chi connectivity index (χ2n) is 3.73. The standard InChI is InChI=1S/C10H22N2O/c1-4-10(5-7-11-9-13)6-8-12(2)3/h9-10H,4-8H2,1-3H3,(H,11,13). The van der Waals surface area contributed by atoms with Gasteiger partial charge in [-0.05, 0) is 39.4 Å². The zero-order chi connectivity index (χ0) is 10.1. The summed E-state index contributed by atoms with van der Waals surface area (Å²) in [6.07, 6.45) is 4.31. The molecule has 0 aromatic heterocycles. The Bertz CT molecular complexity index is 126. The Labute approximate surface area is 81.5 Å². The number of rotatable bonds is 8. The molecule has 3 nitrogen and oxygen atoms in total. The van der Waals surface area contributed by atoms with Gasteiger partial charge < -0.3 is 10.2 Å². The van der Waals surface area contributed by atoms with E-state index in [1.165, 1.54) is 12.8 Å². The number of hydrogen-bond acceptors (Lipinski definition) is 2. The molecular weight excluding hydrogens is 164 g/mol. The number of carbonyl (C=O) groups is 1. The molecule has 0 saturated heterocycles. The Kier molecular flexibility index (Phi) is 7.69. The summed E-state index contributed by atoms with van der Waals surface area (Å²) in [6, 6.07) is 0. The lowest BCUT2D eigenvalue weighted by molar-refractivity contribution is -0.109. The lowest BCUT2D eigenvalue weighted by atomic mass is 9.98. The van der Waals surface area contributed by atoms with Crippen LogP contribution in [0.15, 0.2) is 0 Å². The summed E-state index contributed by atoms with van der Waals surface area (Å²) in [5, 5.41) is 2.71. The van der Waals surface area contributed by atoms with Crippen molar-refractivity contribution in [2.24, 2.45) is 5.92 Å². The molecule has 0 radical (unpaired) electrons. The highest BCUT2D eigenvalue weighted by Gasteiger charge is 2.05. The summed E-state index contributed by atoms with van der Waals surface area (Å²) < 4.78 is 0. The molecule has 0 rings (SSSR count). The summed E-state index contributed by atoms with van der Waals surface area (Å²) in [4.78, 5) is 12.2. The molecule has 0 aromatic carbocycles. The van der Waals surface area contributed by atoms with Crippen molar-refractivity contribution in [2.45, 2.75) is 26.2 Å². The van der Waals surface area contributed by atoms with Crippen LogP contribution in [0.25, 0.3) is 0 Å². The third kappa shape index (κ3) is 7.78. The van der Waals surface area contributed by atoms with Crippen LogP contribution in [0, 0.1) is 5.92 Å². The van der Waals surface area contributed by atoms with Crippen LogP contribution < -0.4 is 5.32 Å². The predicted octanol–water partition coefficient (Wildman–Crippen LogP) is 1.10. The summed E-state index contributed by atoms with van der Waals surface area (Å²) in [5.41, 5.74) is 0. The maximum atomic E-state index is 10.0. The van der Waals surface area contributed by atoms with E-state index in [1.807, 2.05) is 0 Å². The molecule has 0 spiro atoms. The molecule has 0 aliphatic rings. The second kappa shape index (κ2) is 8.05. The number of carbonyl (C=O) groups excluding carboxylic acids is 1. The molecule has 0 aliphatic carbocycles. The average molecular weight is 186 g/mol. The first-order valence-corrected chi connectivity index (χ1v) is 5.02. The van der Waals surface area contributed by atoms with Gasteiger partial charge >= 0.3 is 0 Å². The highest BCUT2D eigenvalue weighted by Crippen LogP contribution is 2.12. The zero-order valence-electron chi connectivity index (χ0n) is 9.05. The van der Waals surface area contributed by atoms with Gasteiger partial charge in [0.2, 0.25) is 6.41 Å². The van der Waals surface area contributed by atoms with Crippen LogP contribution in [-0.2, 0) is 4.79 Å². The van der Waals surface area contributed by atoms with Crippen LogP contribution in [0.1, 0.15) is 26.2 Å². The molecule has 0 fully saturated rings. The van der Waals surface area contributed by atoms with Crippen LogP contribution >= 0.6 is 0 Å². The fourth-order valence-electron chi connectivity index (χ4n) is 1.34. The van der Waals surface area contributed by atoms with E-state index in [1.54, 1.807) is 0 Å². The first kappa shape index (κ1) is 12.4. The Balaban J connectivity index is 3.44.